The van der Waals surface area contributed by atoms with Gasteiger partial charge in [0, 0.05) is 24.8 Å². The Morgan fingerprint density at radius 2 is 2.00 bits per heavy atom. The Labute approximate surface area is 97.6 Å². The van der Waals surface area contributed by atoms with Crippen LogP contribution >= 0.6 is 0 Å². The third kappa shape index (κ3) is 1.98. The van der Waals surface area contributed by atoms with Crippen LogP contribution in [0.15, 0.2) is 18.2 Å². The minimum Gasteiger partial charge on any atom is -0.508 e. The molecule has 0 saturated carbocycles. The first-order valence-electron chi connectivity index (χ1n) is 5.36. The van der Waals surface area contributed by atoms with Gasteiger partial charge in [-0.15, -0.1) is 0 Å². The minimum absolute atomic E-state index is 0.259. The molecule has 1 saturated heterocycles. The van der Waals surface area contributed by atoms with Crippen LogP contribution in [0, 0.1) is 5.82 Å². The topological polar surface area (TPSA) is 66.8 Å². The number of halogens is 1. The standard InChI is InChI=1S/C12H13FO4/c13-8-1-2-9(10(14)7-8)12(11(15)16)3-5-17-6-4-12/h1-2,7,14H,3-6H2,(H,15,16). The van der Waals surface area contributed by atoms with E-state index in [1.807, 2.05) is 0 Å². The summed E-state index contributed by atoms with van der Waals surface area (Å²) in [6.07, 6.45) is 0.559. The van der Waals surface area contributed by atoms with Crippen molar-refractivity contribution in [2.24, 2.45) is 0 Å². The molecular weight excluding hydrogens is 227 g/mol. The van der Waals surface area contributed by atoms with Gasteiger partial charge >= 0.3 is 5.97 Å². The second kappa shape index (κ2) is 4.33. The van der Waals surface area contributed by atoms with E-state index in [-0.39, 0.29) is 24.2 Å². The van der Waals surface area contributed by atoms with Gasteiger partial charge in [-0.3, -0.25) is 4.79 Å². The number of carboxylic acids is 1. The zero-order chi connectivity index (χ0) is 12.5. The molecule has 1 heterocycles. The van der Waals surface area contributed by atoms with Crippen LogP contribution in [0.1, 0.15) is 18.4 Å². The van der Waals surface area contributed by atoms with Crippen molar-refractivity contribution in [2.45, 2.75) is 18.3 Å². The third-order valence-corrected chi connectivity index (χ3v) is 3.23. The molecule has 5 heteroatoms. The van der Waals surface area contributed by atoms with Crippen LogP contribution in [0.5, 0.6) is 5.75 Å². The molecule has 0 aliphatic carbocycles. The summed E-state index contributed by atoms with van der Waals surface area (Å²) in [5, 5.41) is 19.1. The lowest BCUT2D eigenvalue weighted by Gasteiger charge is -2.33. The zero-order valence-electron chi connectivity index (χ0n) is 9.15. The number of carbonyl (C=O) groups is 1. The van der Waals surface area contributed by atoms with Gasteiger partial charge in [-0.05, 0) is 18.9 Å². The maximum Gasteiger partial charge on any atom is 0.314 e. The monoisotopic (exact) mass is 240 g/mol. The van der Waals surface area contributed by atoms with Crippen molar-refractivity contribution < 1.29 is 24.1 Å². The van der Waals surface area contributed by atoms with Gasteiger partial charge in [0.25, 0.3) is 0 Å². The number of rotatable bonds is 2. The van der Waals surface area contributed by atoms with E-state index < -0.39 is 17.2 Å². The zero-order valence-corrected chi connectivity index (χ0v) is 9.15. The summed E-state index contributed by atoms with van der Waals surface area (Å²) in [4.78, 5) is 11.5. The maximum atomic E-state index is 12.9. The second-order valence-corrected chi connectivity index (χ2v) is 4.16. The van der Waals surface area contributed by atoms with Gasteiger partial charge in [0.1, 0.15) is 17.0 Å². The highest BCUT2D eigenvalue weighted by molar-refractivity contribution is 5.82. The van der Waals surface area contributed by atoms with Crippen molar-refractivity contribution in [3.63, 3.8) is 0 Å². The fraction of sp³-hybridized carbons (Fsp3) is 0.417. The quantitative estimate of drug-likeness (QED) is 0.825. The minimum atomic E-state index is -1.17. The molecular formula is C12H13FO4. The number of hydrogen-bond acceptors (Lipinski definition) is 3. The van der Waals surface area contributed by atoms with Crippen molar-refractivity contribution in [1.29, 1.82) is 0 Å². The predicted molar refractivity (Wildman–Crippen MR) is 57.4 cm³/mol. The van der Waals surface area contributed by atoms with Crippen LogP contribution in [-0.4, -0.2) is 29.4 Å². The molecule has 2 N–H and O–H groups in total. The van der Waals surface area contributed by atoms with Crippen LogP contribution in [0.2, 0.25) is 0 Å². The molecule has 17 heavy (non-hydrogen) atoms. The van der Waals surface area contributed by atoms with Gasteiger partial charge in [-0.2, -0.15) is 0 Å². The number of phenols is 1. The first-order valence-corrected chi connectivity index (χ1v) is 5.36. The smallest absolute Gasteiger partial charge is 0.314 e. The second-order valence-electron chi connectivity index (χ2n) is 4.16. The molecule has 1 aromatic carbocycles. The van der Waals surface area contributed by atoms with Gasteiger partial charge in [0.15, 0.2) is 0 Å². The number of aromatic hydroxyl groups is 1. The number of ether oxygens (including phenoxy) is 1. The van der Waals surface area contributed by atoms with Crippen molar-refractivity contribution in [2.75, 3.05) is 13.2 Å². The molecule has 1 fully saturated rings. The van der Waals surface area contributed by atoms with Crippen LogP contribution in [0.25, 0.3) is 0 Å². The molecule has 0 bridgehead atoms. The third-order valence-electron chi connectivity index (χ3n) is 3.23. The normalized spacial score (nSPS) is 18.9. The van der Waals surface area contributed by atoms with E-state index in [2.05, 4.69) is 0 Å². The summed E-state index contributed by atoms with van der Waals surface area (Å²) in [6, 6.07) is 3.44. The molecule has 0 spiro atoms. The van der Waals surface area contributed by atoms with E-state index >= 15 is 0 Å². The number of phenolic OH excluding ortho intramolecular Hbond substituents is 1. The van der Waals surface area contributed by atoms with Crippen LogP contribution in [-0.2, 0) is 14.9 Å². The van der Waals surface area contributed by atoms with Gasteiger partial charge < -0.3 is 14.9 Å². The van der Waals surface area contributed by atoms with Gasteiger partial charge in [-0.1, -0.05) is 6.07 Å². The molecule has 0 radical (unpaired) electrons. The van der Waals surface area contributed by atoms with Gasteiger partial charge in [0.2, 0.25) is 0 Å². The van der Waals surface area contributed by atoms with Crippen molar-refractivity contribution >= 4 is 5.97 Å². The summed E-state index contributed by atoms with van der Waals surface area (Å²) >= 11 is 0. The summed E-state index contributed by atoms with van der Waals surface area (Å²) in [7, 11) is 0. The molecule has 92 valence electrons. The lowest BCUT2D eigenvalue weighted by molar-refractivity contribution is -0.147. The summed E-state index contributed by atoms with van der Waals surface area (Å²) in [6.45, 7) is 0.645. The van der Waals surface area contributed by atoms with E-state index in [4.69, 9.17) is 4.74 Å². The lowest BCUT2D eigenvalue weighted by atomic mass is 9.74. The number of hydrogen-bond donors (Lipinski definition) is 2. The SMILES string of the molecule is O=C(O)C1(c2ccc(F)cc2O)CCOCC1. The first-order chi connectivity index (χ1) is 8.06. The highest BCUT2D eigenvalue weighted by atomic mass is 19.1. The van der Waals surface area contributed by atoms with Crippen LogP contribution in [0.4, 0.5) is 4.39 Å². The molecule has 1 aliphatic heterocycles. The molecule has 1 aromatic rings. The Balaban J connectivity index is 2.49. The highest BCUT2D eigenvalue weighted by Gasteiger charge is 2.43. The lowest BCUT2D eigenvalue weighted by Crippen LogP contribution is -2.41. The Kier molecular flexibility index (Phi) is 3.02. The molecule has 0 aromatic heterocycles. The van der Waals surface area contributed by atoms with Crippen LogP contribution < -0.4 is 0 Å². The molecule has 2 rings (SSSR count). The Hall–Kier alpha value is -1.62. The fourth-order valence-electron chi connectivity index (χ4n) is 2.23. The maximum absolute atomic E-state index is 12.9. The van der Waals surface area contributed by atoms with Crippen LogP contribution in [0.3, 0.4) is 0 Å². The first kappa shape index (κ1) is 11.9. The average Bonchev–Trinajstić information content (AvgIpc) is 2.29. The van der Waals surface area contributed by atoms with Crippen molar-refractivity contribution in [1.82, 2.24) is 0 Å². The molecule has 0 amide bonds. The molecule has 4 nitrogen and oxygen atoms in total. The fourth-order valence-corrected chi connectivity index (χ4v) is 2.23. The van der Waals surface area contributed by atoms with E-state index in [0.29, 0.717) is 13.2 Å². The number of aliphatic carboxylic acids is 1. The van der Waals surface area contributed by atoms with Gasteiger partial charge in [0.05, 0.1) is 0 Å². The molecule has 1 aliphatic rings. The summed E-state index contributed by atoms with van der Waals surface area (Å²) in [5.41, 5.74) is -0.912. The number of benzene rings is 1. The molecule has 0 unspecified atom stereocenters. The predicted octanol–water partition coefficient (Wildman–Crippen LogP) is 1.66. The Morgan fingerprint density at radius 3 is 2.53 bits per heavy atom. The van der Waals surface area contributed by atoms with Crippen molar-refractivity contribution in [3.8, 4) is 5.75 Å². The number of carboxylic acid groups (broad SMARTS) is 1. The highest BCUT2D eigenvalue weighted by Crippen LogP contribution is 2.39. The molecule has 0 atom stereocenters. The largest absolute Gasteiger partial charge is 0.508 e. The van der Waals surface area contributed by atoms with Crippen molar-refractivity contribution in [3.05, 3.63) is 29.6 Å². The average molecular weight is 240 g/mol. The van der Waals surface area contributed by atoms with E-state index in [1.54, 1.807) is 0 Å². The van der Waals surface area contributed by atoms with Gasteiger partial charge in [-0.25, -0.2) is 4.39 Å². The van der Waals surface area contributed by atoms with E-state index in [9.17, 15) is 19.4 Å². The Bertz CT molecular complexity index is 438. The van der Waals surface area contributed by atoms with E-state index in [0.717, 1.165) is 12.1 Å². The summed E-state index contributed by atoms with van der Waals surface area (Å²) < 4.78 is 18.0. The Morgan fingerprint density at radius 1 is 1.35 bits per heavy atom. The summed E-state index contributed by atoms with van der Waals surface area (Å²) in [5.74, 6) is -1.91. The van der Waals surface area contributed by atoms with E-state index in [1.165, 1.54) is 6.07 Å².